The Morgan fingerprint density at radius 1 is 1.65 bits per heavy atom. The monoisotopic (exact) mass is 262 g/mol. The quantitative estimate of drug-likeness (QED) is 0.204. The number of aryl methyl sites for hydroxylation is 1. The minimum absolute atomic E-state index is 0. The van der Waals surface area contributed by atoms with Crippen LogP contribution in [0.3, 0.4) is 0 Å². The van der Waals surface area contributed by atoms with Crippen molar-refractivity contribution in [3.8, 4) is 0 Å². The van der Waals surface area contributed by atoms with Gasteiger partial charge in [-0.05, 0) is 6.42 Å². The average molecular weight is 262 g/mol. The van der Waals surface area contributed by atoms with Crippen LogP contribution in [-0.2, 0) is 11.2 Å². The number of rotatable bonds is 3. The highest BCUT2D eigenvalue weighted by molar-refractivity contribution is 7.80. The minimum atomic E-state index is 0. The molecule has 1 heterocycles. The van der Waals surface area contributed by atoms with Crippen LogP contribution in [-0.4, -0.2) is 26.6 Å². The van der Waals surface area contributed by atoms with Gasteiger partial charge in [-0.15, -0.1) is 0 Å². The number of amides is 1. The van der Waals surface area contributed by atoms with Crippen LogP contribution in [0.5, 0.6) is 0 Å². The van der Waals surface area contributed by atoms with Gasteiger partial charge in [0.1, 0.15) is 12.2 Å². The van der Waals surface area contributed by atoms with Crippen molar-refractivity contribution in [2.45, 2.75) is 34.1 Å². The van der Waals surface area contributed by atoms with Gasteiger partial charge in [-0.1, -0.05) is 33.5 Å². The van der Waals surface area contributed by atoms with Crippen molar-refractivity contribution < 1.29 is 4.79 Å². The highest BCUT2D eigenvalue weighted by Crippen LogP contribution is 1.82. The van der Waals surface area contributed by atoms with Crippen LogP contribution in [0, 0.1) is 0 Å². The van der Waals surface area contributed by atoms with E-state index in [2.05, 4.69) is 33.2 Å². The Hall–Kier alpha value is -1.54. The maximum absolute atomic E-state index is 8.94. The largest absolute Gasteiger partial charge is 0.393 e. The summed E-state index contributed by atoms with van der Waals surface area (Å²) in [4.78, 5) is 13.4. The summed E-state index contributed by atoms with van der Waals surface area (Å²) in [6.07, 6.45) is 3.66. The smallest absolute Gasteiger partial charge is 0.221 e. The lowest BCUT2D eigenvalue weighted by Gasteiger charge is -1.78. The lowest BCUT2D eigenvalue weighted by atomic mass is 10.5. The molecule has 7 nitrogen and oxygen atoms in total. The number of aromatic nitrogens is 3. The van der Waals surface area contributed by atoms with Crippen LogP contribution in [0.1, 0.15) is 33.5 Å². The molecule has 1 amide bonds. The normalized spacial score (nSPS) is 7.24. The first-order valence-electron chi connectivity index (χ1n) is 4.64. The topological polar surface area (TPSA) is 123 Å². The zero-order chi connectivity index (χ0) is 12.8. The molecule has 0 saturated carbocycles. The number of carbonyl (C=O) groups is 1. The maximum atomic E-state index is 8.94. The highest BCUT2D eigenvalue weighted by Gasteiger charge is 1.84. The zero-order valence-corrected chi connectivity index (χ0v) is 10.3. The van der Waals surface area contributed by atoms with E-state index in [4.69, 9.17) is 10.5 Å². The van der Waals surface area contributed by atoms with E-state index in [1.54, 1.807) is 5.43 Å². The van der Waals surface area contributed by atoms with Crippen LogP contribution < -0.4 is 17.0 Å². The third-order valence-electron chi connectivity index (χ3n) is 1.22. The molecule has 17 heavy (non-hydrogen) atoms. The van der Waals surface area contributed by atoms with Crippen LogP contribution in [0.2, 0.25) is 0 Å². The van der Waals surface area contributed by atoms with Crippen LogP contribution in [0.4, 0.5) is 0 Å². The molecule has 1 aromatic heterocycles. The lowest BCUT2D eigenvalue weighted by molar-refractivity contribution is -0.109. The molecular formula is C9H22N6OS. The third kappa shape index (κ3) is 20.5. The second kappa shape index (κ2) is 16.9. The van der Waals surface area contributed by atoms with E-state index in [0.717, 1.165) is 18.7 Å². The van der Waals surface area contributed by atoms with E-state index in [1.807, 2.05) is 13.8 Å². The van der Waals surface area contributed by atoms with Gasteiger partial charge < -0.3 is 5.73 Å². The second-order valence-electron chi connectivity index (χ2n) is 2.39. The number of thiocarbonyl (C=S) groups is 1. The number of nitrogens with two attached hydrogens (primary N) is 2. The average Bonchev–Trinajstić information content (AvgIpc) is 2.83. The van der Waals surface area contributed by atoms with E-state index in [-0.39, 0.29) is 7.43 Å². The second-order valence-corrected chi connectivity index (χ2v) is 2.91. The summed E-state index contributed by atoms with van der Waals surface area (Å²) in [6.45, 7) is 3.96. The fourth-order valence-corrected chi connectivity index (χ4v) is 0.401. The summed E-state index contributed by atoms with van der Waals surface area (Å²) in [5.74, 6) is 5.35. The number of hydrogen-bond donors (Lipinski definition) is 4. The summed E-state index contributed by atoms with van der Waals surface area (Å²) in [6, 6.07) is 0. The molecule has 0 aliphatic heterocycles. The molecule has 0 aliphatic carbocycles. The Morgan fingerprint density at radius 2 is 2.12 bits per heavy atom. The van der Waals surface area contributed by atoms with Gasteiger partial charge in [0.2, 0.25) is 6.41 Å². The van der Waals surface area contributed by atoms with Gasteiger partial charge in [0.05, 0.1) is 4.99 Å². The molecule has 100 valence electrons. The van der Waals surface area contributed by atoms with Crippen molar-refractivity contribution in [2.75, 3.05) is 0 Å². The number of nitrogens with one attached hydrogen (secondary N) is 2. The molecule has 1 aromatic rings. The van der Waals surface area contributed by atoms with Gasteiger partial charge in [0, 0.05) is 6.42 Å². The summed E-state index contributed by atoms with van der Waals surface area (Å²) in [5.41, 5.74) is 6.77. The minimum Gasteiger partial charge on any atom is -0.393 e. The Balaban J connectivity index is -0.000000177. The Kier molecular flexibility index (Phi) is 20.7. The molecule has 0 bridgehead atoms. The fraction of sp³-hybridized carbons (Fsp3) is 0.556. The van der Waals surface area contributed by atoms with Gasteiger partial charge >= 0.3 is 0 Å². The molecule has 8 heteroatoms. The Labute approximate surface area is 107 Å². The fourth-order valence-electron chi connectivity index (χ4n) is 0.401. The number of H-pyrrole nitrogens is 1. The number of aromatic amines is 1. The van der Waals surface area contributed by atoms with Crippen LogP contribution in [0.25, 0.3) is 0 Å². The zero-order valence-electron chi connectivity index (χ0n) is 9.43. The Morgan fingerprint density at radius 3 is 2.24 bits per heavy atom. The molecule has 1 rings (SSSR count). The molecule has 0 fully saturated rings. The van der Waals surface area contributed by atoms with E-state index in [9.17, 15) is 0 Å². The molecular weight excluding hydrogens is 240 g/mol. The highest BCUT2D eigenvalue weighted by atomic mass is 32.1. The summed E-state index contributed by atoms with van der Waals surface area (Å²) < 4.78 is 0. The van der Waals surface area contributed by atoms with Gasteiger partial charge in [-0.25, -0.2) is 10.8 Å². The predicted octanol–water partition coefficient (Wildman–Crippen LogP) is 0.292. The summed E-state index contributed by atoms with van der Waals surface area (Å²) >= 11 is 4.47. The molecule has 0 atom stereocenters. The molecule has 0 saturated heterocycles. The maximum Gasteiger partial charge on any atom is 0.221 e. The van der Waals surface area contributed by atoms with Crippen molar-refractivity contribution in [1.82, 2.24) is 20.6 Å². The van der Waals surface area contributed by atoms with Gasteiger partial charge in [0.15, 0.2) is 0 Å². The third-order valence-corrected chi connectivity index (χ3v) is 1.50. The first kappa shape index (κ1) is 20.8. The summed E-state index contributed by atoms with van der Waals surface area (Å²) in [7, 11) is 0. The molecule has 0 aromatic carbocycles. The van der Waals surface area contributed by atoms with E-state index >= 15 is 0 Å². The number of carbonyl (C=O) groups excluding carboxylic acids is 1. The molecule has 0 radical (unpaired) electrons. The predicted molar refractivity (Wildman–Crippen MR) is 73.0 cm³/mol. The summed E-state index contributed by atoms with van der Waals surface area (Å²) in [5, 5.41) is 6.38. The molecule has 0 spiro atoms. The van der Waals surface area contributed by atoms with Crippen molar-refractivity contribution in [3.05, 3.63) is 12.2 Å². The van der Waals surface area contributed by atoms with Crippen molar-refractivity contribution in [1.29, 1.82) is 0 Å². The van der Waals surface area contributed by atoms with E-state index in [1.165, 1.54) is 6.33 Å². The van der Waals surface area contributed by atoms with Gasteiger partial charge in [-0.3, -0.25) is 15.3 Å². The number of hydrogen-bond acceptors (Lipinski definition) is 5. The van der Waals surface area contributed by atoms with Crippen LogP contribution in [0.15, 0.2) is 6.33 Å². The molecule has 0 aliphatic rings. The van der Waals surface area contributed by atoms with E-state index < -0.39 is 0 Å². The SMILES string of the molecule is C.CCC(N)=S.CCc1ncn[nH]1.NNC=O. The number of hydrazine groups is 1. The van der Waals surface area contributed by atoms with Crippen molar-refractivity contribution >= 4 is 23.6 Å². The number of nitrogens with zero attached hydrogens (tertiary/aromatic N) is 2. The van der Waals surface area contributed by atoms with E-state index in [0.29, 0.717) is 11.4 Å². The van der Waals surface area contributed by atoms with Crippen molar-refractivity contribution in [2.24, 2.45) is 11.6 Å². The standard InChI is InChI=1S/C4H7N3.C3H7NS.CH4N2O.CH4/c1-2-4-5-3-6-7-4;1-2-3(4)5;2-3-1-4;/h3H,2H2,1H3,(H,5,6,7);2H2,1H3,(H2,4,5);1H,2H2,(H,3,4);1H4. The molecule has 6 N–H and O–H groups in total. The van der Waals surface area contributed by atoms with Gasteiger partial charge in [0.25, 0.3) is 0 Å². The first-order valence-corrected chi connectivity index (χ1v) is 5.05. The van der Waals surface area contributed by atoms with Crippen molar-refractivity contribution in [3.63, 3.8) is 0 Å². The van der Waals surface area contributed by atoms with Crippen LogP contribution >= 0.6 is 12.2 Å². The molecule has 0 unspecified atom stereocenters. The Bertz CT molecular complexity index is 264. The van der Waals surface area contributed by atoms with Gasteiger partial charge in [-0.2, -0.15) is 5.10 Å². The lowest BCUT2D eigenvalue weighted by Crippen LogP contribution is -2.18. The first-order chi connectivity index (χ1) is 7.62.